The topological polar surface area (TPSA) is 46.6 Å². The first-order chi connectivity index (χ1) is 12.8. The minimum atomic E-state index is -0.648. The number of nitrogens with zero attached hydrogens (tertiary/aromatic N) is 1. The van der Waals surface area contributed by atoms with E-state index in [1.807, 2.05) is 78.9 Å². The monoisotopic (exact) mass is 343 g/mol. The van der Waals surface area contributed by atoms with Crippen molar-refractivity contribution >= 4 is 17.7 Å². The van der Waals surface area contributed by atoms with Gasteiger partial charge in [0, 0.05) is 0 Å². The van der Waals surface area contributed by atoms with Crippen LogP contribution in [0.25, 0.3) is 0 Å². The van der Waals surface area contributed by atoms with Crippen molar-refractivity contribution in [3.8, 4) is 0 Å². The molecule has 1 aliphatic rings. The van der Waals surface area contributed by atoms with Crippen LogP contribution in [0.1, 0.15) is 22.6 Å². The zero-order chi connectivity index (χ0) is 17.9. The van der Waals surface area contributed by atoms with Crippen LogP contribution in [-0.2, 0) is 16.1 Å². The van der Waals surface area contributed by atoms with Gasteiger partial charge in [0.05, 0.1) is 11.6 Å². The molecule has 1 heterocycles. The summed E-state index contributed by atoms with van der Waals surface area (Å²) in [4.78, 5) is 26.8. The lowest BCUT2D eigenvalue weighted by Crippen LogP contribution is -2.35. The molecule has 0 radical (unpaired) electrons. The molecule has 0 aromatic heterocycles. The number of rotatable bonds is 3. The number of hydrogen-bond donors (Lipinski definition) is 0. The Bertz CT molecular complexity index is 938. The molecule has 0 aliphatic carbocycles. The van der Waals surface area contributed by atoms with E-state index in [9.17, 15) is 9.59 Å². The third kappa shape index (κ3) is 2.86. The smallest absolute Gasteiger partial charge is 0.421 e. The Morgan fingerprint density at radius 2 is 1.46 bits per heavy atom. The van der Waals surface area contributed by atoms with Crippen LogP contribution in [0.2, 0.25) is 0 Å². The highest BCUT2D eigenvalue weighted by atomic mass is 16.6. The van der Waals surface area contributed by atoms with Gasteiger partial charge in [0.15, 0.2) is 0 Å². The van der Waals surface area contributed by atoms with Crippen LogP contribution in [0.3, 0.4) is 0 Å². The number of ether oxygens (including phenoxy) is 1. The zero-order valence-electron chi connectivity index (χ0n) is 14.0. The van der Waals surface area contributed by atoms with E-state index in [-0.39, 0.29) is 12.5 Å². The number of amides is 2. The van der Waals surface area contributed by atoms with Gasteiger partial charge in [-0.15, -0.1) is 0 Å². The largest absolute Gasteiger partial charge is 0.444 e. The molecule has 3 aromatic carbocycles. The molecule has 0 fully saturated rings. The Balaban J connectivity index is 1.62. The van der Waals surface area contributed by atoms with Crippen molar-refractivity contribution in [1.82, 2.24) is 0 Å². The predicted molar refractivity (Wildman–Crippen MR) is 98.8 cm³/mol. The molecule has 0 bridgehead atoms. The molecule has 128 valence electrons. The summed E-state index contributed by atoms with van der Waals surface area (Å²) in [5.41, 5.74) is 3.15. The van der Waals surface area contributed by atoms with Crippen molar-refractivity contribution in [3.63, 3.8) is 0 Å². The van der Waals surface area contributed by atoms with Crippen molar-refractivity contribution < 1.29 is 14.3 Å². The average Bonchev–Trinajstić information content (AvgIpc) is 2.99. The minimum absolute atomic E-state index is 0.127. The Morgan fingerprint density at radius 1 is 0.846 bits per heavy atom. The molecule has 0 N–H and O–H groups in total. The molecule has 4 nitrogen and oxygen atoms in total. The summed E-state index contributed by atoms with van der Waals surface area (Å²) >= 11 is 0. The molecule has 1 aliphatic heterocycles. The van der Waals surface area contributed by atoms with Crippen LogP contribution < -0.4 is 4.90 Å². The standard InChI is InChI=1S/C22H17NO3/c24-21-20(17-11-5-2-6-12-17)18-13-7-8-14-19(18)23(21)22(25)26-15-16-9-3-1-4-10-16/h1-14,20H,15H2. The van der Waals surface area contributed by atoms with Gasteiger partial charge in [0.2, 0.25) is 5.91 Å². The molecule has 1 atom stereocenters. The summed E-state index contributed by atoms with van der Waals surface area (Å²) in [6.07, 6.45) is -0.648. The molecule has 0 saturated carbocycles. The lowest BCUT2D eigenvalue weighted by molar-refractivity contribution is -0.118. The molecule has 4 heteroatoms. The van der Waals surface area contributed by atoms with Crippen LogP contribution in [0.5, 0.6) is 0 Å². The maximum Gasteiger partial charge on any atom is 0.421 e. The Morgan fingerprint density at radius 3 is 2.19 bits per heavy atom. The van der Waals surface area contributed by atoms with Crippen LogP contribution in [-0.4, -0.2) is 12.0 Å². The minimum Gasteiger partial charge on any atom is -0.444 e. The normalized spacial score (nSPS) is 15.6. The molecule has 2 amide bonds. The lowest BCUT2D eigenvalue weighted by atomic mass is 9.93. The predicted octanol–water partition coefficient (Wildman–Crippen LogP) is 4.50. The second kappa shape index (κ2) is 6.84. The Hall–Kier alpha value is -3.40. The van der Waals surface area contributed by atoms with Gasteiger partial charge >= 0.3 is 6.09 Å². The SMILES string of the molecule is O=C(OCc1ccccc1)N1C(=O)C(c2ccccc2)c2ccccc21. The highest BCUT2D eigenvalue weighted by Crippen LogP contribution is 2.41. The zero-order valence-corrected chi connectivity index (χ0v) is 14.0. The van der Waals surface area contributed by atoms with Crippen molar-refractivity contribution in [2.75, 3.05) is 4.90 Å². The summed E-state index contributed by atoms with van der Waals surface area (Å²) in [5, 5.41) is 0. The van der Waals surface area contributed by atoms with E-state index in [0.29, 0.717) is 5.69 Å². The van der Waals surface area contributed by atoms with Crippen molar-refractivity contribution in [1.29, 1.82) is 0 Å². The molecule has 0 saturated heterocycles. The van der Waals surface area contributed by atoms with Crippen LogP contribution in [0.4, 0.5) is 10.5 Å². The third-order valence-corrected chi connectivity index (χ3v) is 4.48. The van der Waals surface area contributed by atoms with Gasteiger partial charge < -0.3 is 4.74 Å². The third-order valence-electron chi connectivity index (χ3n) is 4.48. The Labute approximate surface area is 151 Å². The van der Waals surface area contributed by atoms with Gasteiger partial charge in [-0.3, -0.25) is 4.79 Å². The quantitative estimate of drug-likeness (QED) is 0.703. The first-order valence-corrected chi connectivity index (χ1v) is 8.44. The van der Waals surface area contributed by atoms with E-state index >= 15 is 0 Å². The molecular formula is C22H17NO3. The van der Waals surface area contributed by atoms with Crippen molar-refractivity contribution in [2.24, 2.45) is 0 Å². The van der Waals surface area contributed by atoms with E-state index in [2.05, 4.69) is 0 Å². The molecule has 3 aromatic rings. The number of fused-ring (bicyclic) bond motifs is 1. The van der Waals surface area contributed by atoms with Crippen molar-refractivity contribution in [2.45, 2.75) is 12.5 Å². The fraction of sp³-hybridized carbons (Fsp3) is 0.0909. The Kier molecular flexibility index (Phi) is 4.23. The first-order valence-electron chi connectivity index (χ1n) is 8.44. The number of imide groups is 1. The molecule has 4 rings (SSSR count). The van der Waals surface area contributed by atoms with E-state index in [1.165, 1.54) is 0 Å². The summed E-state index contributed by atoms with van der Waals surface area (Å²) in [5.74, 6) is -0.771. The molecular weight excluding hydrogens is 326 g/mol. The highest BCUT2D eigenvalue weighted by molar-refractivity contribution is 6.20. The second-order valence-corrected chi connectivity index (χ2v) is 6.12. The van der Waals surface area contributed by atoms with Gasteiger partial charge in [-0.05, 0) is 22.8 Å². The number of carbonyl (C=O) groups excluding carboxylic acids is 2. The van der Waals surface area contributed by atoms with Crippen molar-refractivity contribution in [3.05, 3.63) is 102 Å². The van der Waals surface area contributed by atoms with Gasteiger partial charge in [-0.1, -0.05) is 78.9 Å². The van der Waals surface area contributed by atoms with Crippen LogP contribution in [0, 0.1) is 0 Å². The lowest BCUT2D eigenvalue weighted by Gasteiger charge is -2.16. The average molecular weight is 343 g/mol. The van der Waals surface area contributed by atoms with E-state index in [0.717, 1.165) is 21.6 Å². The number of carbonyl (C=O) groups is 2. The van der Waals surface area contributed by atoms with Crippen LogP contribution >= 0.6 is 0 Å². The number of para-hydroxylation sites is 1. The fourth-order valence-electron chi connectivity index (χ4n) is 3.26. The van der Waals surface area contributed by atoms with Gasteiger partial charge in [0.25, 0.3) is 0 Å². The molecule has 26 heavy (non-hydrogen) atoms. The van der Waals surface area contributed by atoms with E-state index in [1.54, 1.807) is 6.07 Å². The highest BCUT2D eigenvalue weighted by Gasteiger charge is 2.42. The first kappa shape index (κ1) is 16.1. The van der Waals surface area contributed by atoms with Gasteiger partial charge in [-0.25, -0.2) is 9.69 Å². The fourth-order valence-corrected chi connectivity index (χ4v) is 3.26. The molecule has 0 spiro atoms. The summed E-state index contributed by atoms with van der Waals surface area (Å²) in [6.45, 7) is 0.127. The molecule has 1 unspecified atom stereocenters. The van der Waals surface area contributed by atoms with E-state index < -0.39 is 12.0 Å². The maximum absolute atomic E-state index is 13.0. The number of benzene rings is 3. The number of hydrogen-bond acceptors (Lipinski definition) is 3. The summed E-state index contributed by atoms with van der Waals surface area (Å²) < 4.78 is 5.39. The second-order valence-electron chi connectivity index (χ2n) is 6.12. The van der Waals surface area contributed by atoms with Gasteiger partial charge in [-0.2, -0.15) is 0 Å². The van der Waals surface area contributed by atoms with E-state index in [4.69, 9.17) is 4.74 Å². The van der Waals surface area contributed by atoms with Crippen LogP contribution in [0.15, 0.2) is 84.9 Å². The van der Waals surface area contributed by atoms with Gasteiger partial charge in [0.1, 0.15) is 6.61 Å². The summed E-state index contributed by atoms with van der Waals surface area (Å²) in [6, 6.07) is 26.2. The number of anilines is 1. The summed E-state index contributed by atoms with van der Waals surface area (Å²) in [7, 11) is 0. The maximum atomic E-state index is 13.0.